The predicted molar refractivity (Wildman–Crippen MR) is 63.9 cm³/mol. The van der Waals surface area contributed by atoms with Crippen molar-refractivity contribution in [1.82, 2.24) is 0 Å². The molecule has 0 spiro atoms. The molecule has 0 aliphatic carbocycles. The third-order valence-electron chi connectivity index (χ3n) is 1.40. The minimum Gasteiger partial charge on any atom is -0.466 e. The Morgan fingerprint density at radius 1 is 0.722 bits per heavy atom. The van der Waals surface area contributed by atoms with Crippen LogP contribution in [0.25, 0.3) is 0 Å². The number of Topliss-reactive ketones (excluding diaryl/α,β-unsaturated/α-hetero) is 2. The molecule has 0 saturated heterocycles. The summed E-state index contributed by atoms with van der Waals surface area (Å²) in [6, 6.07) is 0. The van der Waals surface area contributed by atoms with Gasteiger partial charge in [0.05, 0.1) is 13.2 Å². The van der Waals surface area contributed by atoms with Crippen LogP contribution in [0.2, 0.25) is 0 Å². The minimum absolute atomic E-state index is 0.103. The second-order valence-corrected chi connectivity index (χ2v) is 3.37. The molecule has 0 rings (SSSR count). The molecule has 0 aliphatic rings. The van der Waals surface area contributed by atoms with Crippen LogP contribution < -0.4 is 0 Å². The first-order valence-electron chi connectivity index (χ1n) is 5.63. The summed E-state index contributed by atoms with van der Waals surface area (Å²) in [5, 5.41) is 0. The van der Waals surface area contributed by atoms with Crippen molar-refractivity contribution in [2.45, 2.75) is 40.5 Å². The molecule has 0 heterocycles. The van der Waals surface area contributed by atoms with Gasteiger partial charge in [0, 0.05) is 0 Å². The van der Waals surface area contributed by atoms with Gasteiger partial charge in [-0.15, -0.1) is 0 Å². The highest BCUT2D eigenvalue weighted by atomic mass is 16.5. The fourth-order valence-corrected chi connectivity index (χ4v) is 0.831. The molecule has 0 radical (unpaired) electrons. The molecule has 0 saturated carbocycles. The topological polar surface area (TPSA) is 86.7 Å². The first kappa shape index (κ1) is 18.6. The van der Waals surface area contributed by atoms with Gasteiger partial charge in [0.2, 0.25) is 0 Å². The lowest BCUT2D eigenvalue weighted by Gasteiger charge is -1.96. The van der Waals surface area contributed by atoms with Crippen LogP contribution in [-0.2, 0) is 28.7 Å². The van der Waals surface area contributed by atoms with E-state index in [0.717, 1.165) is 0 Å². The highest BCUT2D eigenvalue weighted by molar-refractivity contribution is 5.94. The normalized spacial score (nSPS) is 8.67. The summed E-state index contributed by atoms with van der Waals surface area (Å²) in [6.45, 7) is 6.81. The van der Waals surface area contributed by atoms with Gasteiger partial charge in [-0.1, -0.05) is 0 Å². The number of hydrogen-bond donors (Lipinski definition) is 0. The Balaban J connectivity index is 0. The van der Waals surface area contributed by atoms with E-state index in [0.29, 0.717) is 13.2 Å². The number of rotatable bonds is 6. The van der Waals surface area contributed by atoms with E-state index in [1.165, 1.54) is 13.8 Å². The van der Waals surface area contributed by atoms with E-state index in [1.807, 2.05) is 0 Å². The van der Waals surface area contributed by atoms with Crippen molar-refractivity contribution in [1.29, 1.82) is 0 Å². The molecule has 0 bridgehead atoms. The van der Waals surface area contributed by atoms with Gasteiger partial charge in [0.15, 0.2) is 0 Å². The molecule has 0 aromatic heterocycles. The van der Waals surface area contributed by atoms with Crippen molar-refractivity contribution in [3.05, 3.63) is 0 Å². The van der Waals surface area contributed by atoms with Gasteiger partial charge in [-0.3, -0.25) is 19.2 Å². The van der Waals surface area contributed by atoms with Crippen LogP contribution in [0.5, 0.6) is 0 Å². The first-order chi connectivity index (χ1) is 8.33. The third kappa shape index (κ3) is 16.7. The highest BCUT2D eigenvalue weighted by Crippen LogP contribution is 1.86. The van der Waals surface area contributed by atoms with Crippen LogP contribution in [0.15, 0.2) is 0 Å². The molecule has 0 atom stereocenters. The lowest BCUT2D eigenvalue weighted by molar-refractivity contribution is -0.146. The number of hydrogen-bond acceptors (Lipinski definition) is 6. The van der Waals surface area contributed by atoms with Gasteiger partial charge in [-0.2, -0.15) is 0 Å². The molecule has 104 valence electrons. The highest BCUT2D eigenvalue weighted by Gasteiger charge is 2.03. The average molecular weight is 260 g/mol. The van der Waals surface area contributed by atoms with E-state index in [4.69, 9.17) is 0 Å². The van der Waals surface area contributed by atoms with Gasteiger partial charge in [-0.25, -0.2) is 0 Å². The monoisotopic (exact) mass is 260 g/mol. The molecule has 6 nitrogen and oxygen atoms in total. The van der Waals surface area contributed by atoms with Crippen LogP contribution in [0.1, 0.15) is 40.5 Å². The molecule has 6 heteroatoms. The summed E-state index contributed by atoms with van der Waals surface area (Å²) in [5.41, 5.74) is 0. The maximum Gasteiger partial charge on any atom is 0.313 e. The summed E-state index contributed by atoms with van der Waals surface area (Å²) in [7, 11) is 0. The third-order valence-corrected chi connectivity index (χ3v) is 1.40. The number of carbonyl (C=O) groups excluding carboxylic acids is 4. The largest absolute Gasteiger partial charge is 0.466 e. The van der Waals surface area contributed by atoms with Gasteiger partial charge in [0.25, 0.3) is 0 Å². The van der Waals surface area contributed by atoms with E-state index in [9.17, 15) is 19.2 Å². The second kappa shape index (κ2) is 11.8. The Morgan fingerprint density at radius 3 is 1.17 bits per heavy atom. The summed E-state index contributed by atoms with van der Waals surface area (Å²) in [6.07, 6.45) is -0.207. The van der Waals surface area contributed by atoms with E-state index in [2.05, 4.69) is 9.47 Å². The molecule has 18 heavy (non-hydrogen) atoms. The zero-order valence-electron chi connectivity index (χ0n) is 11.3. The van der Waals surface area contributed by atoms with E-state index in [1.54, 1.807) is 13.8 Å². The van der Waals surface area contributed by atoms with Crippen LogP contribution in [-0.4, -0.2) is 36.7 Å². The van der Waals surface area contributed by atoms with Crippen molar-refractivity contribution in [2.24, 2.45) is 0 Å². The number of esters is 2. The fraction of sp³-hybridized carbons (Fsp3) is 0.667. The molecule has 0 aliphatic heterocycles. The summed E-state index contributed by atoms with van der Waals surface area (Å²) >= 11 is 0. The average Bonchev–Trinajstić information content (AvgIpc) is 2.16. The lowest BCUT2D eigenvalue weighted by Crippen LogP contribution is -2.07. The molecule has 0 aromatic carbocycles. The Bertz CT molecular complexity index is 265. The van der Waals surface area contributed by atoms with Crippen molar-refractivity contribution in [3.63, 3.8) is 0 Å². The molecule has 0 unspecified atom stereocenters. The van der Waals surface area contributed by atoms with Crippen molar-refractivity contribution < 1.29 is 28.7 Å². The van der Waals surface area contributed by atoms with Crippen LogP contribution in [0.4, 0.5) is 0 Å². The standard InChI is InChI=1S/2C6H10O3/c2*1-3-9-6(8)4-5(2)7/h2*3-4H2,1-2H3. The summed E-state index contributed by atoms with van der Waals surface area (Å²) in [5.74, 6) is -1.20. The molecule has 0 fully saturated rings. The van der Waals surface area contributed by atoms with Crippen molar-refractivity contribution >= 4 is 23.5 Å². The Morgan fingerprint density at radius 2 is 1.00 bits per heavy atom. The zero-order chi connectivity index (χ0) is 14.6. The van der Waals surface area contributed by atoms with Crippen LogP contribution >= 0.6 is 0 Å². The van der Waals surface area contributed by atoms with Crippen molar-refractivity contribution in [2.75, 3.05) is 13.2 Å². The maximum absolute atomic E-state index is 10.4. The molecular formula is C12H20O6. The van der Waals surface area contributed by atoms with Gasteiger partial charge < -0.3 is 9.47 Å². The molecule has 0 aromatic rings. The minimum atomic E-state index is -0.440. The number of carbonyl (C=O) groups is 4. The molecular weight excluding hydrogens is 240 g/mol. The number of ether oxygens (including phenoxy) is 2. The van der Waals surface area contributed by atoms with Crippen LogP contribution in [0, 0.1) is 0 Å². The SMILES string of the molecule is CCOC(=O)CC(C)=O.CCOC(=O)CC(C)=O. The quantitative estimate of drug-likeness (QED) is 0.524. The van der Waals surface area contributed by atoms with E-state index < -0.39 is 11.9 Å². The maximum atomic E-state index is 10.4. The number of ketones is 2. The van der Waals surface area contributed by atoms with Crippen molar-refractivity contribution in [3.8, 4) is 0 Å². The Labute approximate surface area is 107 Å². The van der Waals surface area contributed by atoms with E-state index >= 15 is 0 Å². The van der Waals surface area contributed by atoms with Gasteiger partial charge >= 0.3 is 11.9 Å². The molecule has 0 amide bonds. The summed E-state index contributed by atoms with van der Waals surface area (Å²) in [4.78, 5) is 41.3. The second-order valence-electron chi connectivity index (χ2n) is 3.37. The fourth-order valence-electron chi connectivity index (χ4n) is 0.831. The molecule has 0 N–H and O–H groups in total. The first-order valence-corrected chi connectivity index (χ1v) is 5.63. The lowest BCUT2D eigenvalue weighted by atomic mass is 10.3. The van der Waals surface area contributed by atoms with Gasteiger partial charge in [-0.05, 0) is 27.7 Å². The Kier molecular flexibility index (Phi) is 12.2. The van der Waals surface area contributed by atoms with Gasteiger partial charge in [0.1, 0.15) is 24.4 Å². The zero-order valence-corrected chi connectivity index (χ0v) is 11.3. The predicted octanol–water partition coefficient (Wildman–Crippen LogP) is 1.06. The smallest absolute Gasteiger partial charge is 0.313 e. The summed E-state index contributed by atoms with van der Waals surface area (Å²) < 4.78 is 8.99. The van der Waals surface area contributed by atoms with E-state index in [-0.39, 0.29) is 24.4 Å². The Hall–Kier alpha value is -1.72. The van der Waals surface area contributed by atoms with Crippen LogP contribution in [0.3, 0.4) is 0 Å².